The lowest BCUT2D eigenvalue weighted by atomic mass is 9.89. The lowest BCUT2D eigenvalue weighted by molar-refractivity contribution is -0.276. The van der Waals surface area contributed by atoms with Crippen LogP contribution >= 0.6 is 11.6 Å². The normalized spacial score (nSPS) is 29.4. The van der Waals surface area contributed by atoms with Gasteiger partial charge in [-0.1, -0.05) is 11.6 Å². The first-order valence-corrected chi connectivity index (χ1v) is 14.9. The molecule has 0 bridgehead atoms. The van der Waals surface area contributed by atoms with Gasteiger partial charge in [-0.2, -0.15) is 5.10 Å². The van der Waals surface area contributed by atoms with Crippen molar-refractivity contribution in [1.29, 1.82) is 0 Å². The molecule has 2 saturated heterocycles. The van der Waals surface area contributed by atoms with Gasteiger partial charge in [-0.15, -0.1) is 13.2 Å². The minimum absolute atomic E-state index is 0.0547. The molecule has 0 amide bonds. The molecule has 2 aromatic rings. The standard InChI is InChI=1S/C28H35ClF3N5O5/c29-26-24(33-10-18-15-40-14-17-9-23(17)18)12-35-37(27(26)38)20-3-1-19(2-4-20)36(13-22-16-39-7-8-41-22)21-5-6-25(34-11-21)42-28(30,31)32/h5-6,11-12,17-20,22-23,33H,1-4,7-10,13-16H2/t17?,18-,19-,20-,22-,23-/m1/s1. The van der Waals surface area contributed by atoms with Crippen LogP contribution in [0.2, 0.25) is 5.02 Å². The average molecular weight is 614 g/mol. The van der Waals surface area contributed by atoms with Gasteiger partial charge in [0.2, 0.25) is 5.88 Å². The molecule has 42 heavy (non-hydrogen) atoms. The number of hydrogen-bond donors (Lipinski definition) is 1. The number of pyridine rings is 1. The fourth-order valence-corrected chi connectivity index (χ4v) is 6.68. The van der Waals surface area contributed by atoms with E-state index in [1.54, 1.807) is 12.3 Å². The number of hydrogen-bond acceptors (Lipinski definition) is 9. The molecular formula is C28H35ClF3N5O5. The van der Waals surface area contributed by atoms with Crippen LogP contribution in [0.1, 0.15) is 38.1 Å². The van der Waals surface area contributed by atoms with E-state index in [4.69, 9.17) is 25.8 Å². The van der Waals surface area contributed by atoms with Crippen LogP contribution in [0, 0.1) is 17.8 Å². The molecule has 14 heteroatoms. The predicted octanol–water partition coefficient (Wildman–Crippen LogP) is 4.29. The van der Waals surface area contributed by atoms with Crippen molar-refractivity contribution in [2.24, 2.45) is 17.8 Å². The second-order valence-electron chi connectivity index (χ2n) is 11.5. The van der Waals surface area contributed by atoms with Gasteiger partial charge >= 0.3 is 6.36 Å². The molecule has 0 aromatic carbocycles. The Morgan fingerprint density at radius 3 is 2.64 bits per heavy atom. The molecule has 2 saturated carbocycles. The number of nitrogens with zero attached hydrogens (tertiary/aromatic N) is 4. The molecule has 2 aromatic heterocycles. The minimum Gasteiger partial charge on any atom is -0.388 e. The summed E-state index contributed by atoms with van der Waals surface area (Å²) in [5, 5.41) is 7.93. The van der Waals surface area contributed by atoms with Gasteiger partial charge < -0.3 is 29.2 Å². The smallest absolute Gasteiger partial charge is 0.388 e. The van der Waals surface area contributed by atoms with Crippen LogP contribution in [0.25, 0.3) is 0 Å². The first-order valence-electron chi connectivity index (χ1n) is 14.5. The zero-order valence-corrected chi connectivity index (χ0v) is 23.9. The van der Waals surface area contributed by atoms with Crippen molar-refractivity contribution >= 4 is 23.0 Å². The van der Waals surface area contributed by atoms with E-state index in [9.17, 15) is 18.0 Å². The van der Waals surface area contributed by atoms with E-state index in [0.717, 1.165) is 26.1 Å². The number of rotatable bonds is 9. The molecule has 4 fully saturated rings. The fraction of sp³-hybridized carbons (Fsp3) is 0.679. The molecule has 230 valence electrons. The van der Waals surface area contributed by atoms with Crippen molar-refractivity contribution in [2.75, 3.05) is 56.3 Å². The van der Waals surface area contributed by atoms with Crippen LogP contribution in [0.15, 0.2) is 29.3 Å². The minimum atomic E-state index is -4.81. The number of ether oxygens (including phenoxy) is 4. The summed E-state index contributed by atoms with van der Waals surface area (Å²) in [5.41, 5.74) is 0.890. The van der Waals surface area contributed by atoms with Crippen molar-refractivity contribution in [3.05, 3.63) is 39.9 Å². The second-order valence-corrected chi connectivity index (χ2v) is 11.9. The SMILES string of the molecule is O=c1c(Cl)c(NC[C@@H]2COCC3C[C@H]32)cnn1[C@H]1CC[C@H](N(C[C@@H]2COCCO2)c2ccc(OC(F)(F)F)nc2)CC1. The molecule has 2 aliphatic carbocycles. The number of halogens is 4. The topological polar surface area (TPSA) is 100.0 Å². The summed E-state index contributed by atoms with van der Waals surface area (Å²) in [6, 6.07) is 2.73. The molecule has 1 unspecified atom stereocenters. The number of nitrogens with one attached hydrogen (secondary N) is 1. The Balaban J connectivity index is 1.10. The Kier molecular flexibility index (Phi) is 8.80. The van der Waals surface area contributed by atoms with Gasteiger partial charge in [-0.05, 0) is 50.0 Å². The Morgan fingerprint density at radius 2 is 1.93 bits per heavy atom. The van der Waals surface area contributed by atoms with Crippen LogP contribution in [-0.2, 0) is 14.2 Å². The Hall–Kier alpha value is -2.61. The van der Waals surface area contributed by atoms with Crippen molar-refractivity contribution in [3.63, 3.8) is 0 Å². The highest BCUT2D eigenvalue weighted by Crippen LogP contribution is 2.47. The van der Waals surface area contributed by atoms with E-state index < -0.39 is 12.2 Å². The molecule has 0 spiro atoms. The first kappa shape index (κ1) is 29.5. The monoisotopic (exact) mass is 613 g/mol. The van der Waals surface area contributed by atoms with Gasteiger partial charge in [0.15, 0.2) is 0 Å². The molecule has 6 rings (SSSR count). The summed E-state index contributed by atoms with van der Waals surface area (Å²) >= 11 is 6.51. The lowest BCUT2D eigenvalue weighted by Crippen LogP contribution is -2.46. The van der Waals surface area contributed by atoms with Gasteiger partial charge in [0.25, 0.3) is 5.56 Å². The third-order valence-electron chi connectivity index (χ3n) is 8.76. The molecule has 4 atom stereocenters. The van der Waals surface area contributed by atoms with Crippen LogP contribution in [-0.4, -0.2) is 79.4 Å². The molecule has 1 N–H and O–H groups in total. The molecule has 10 nitrogen and oxygen atoms in total. The highest BCUT2D eigenvalue weighted by Gasteiger charge is 2.45. The van der Waals surface area contributed by atoms with Crippen molar-refractivity contribution in [2.45, 2.75) is 56.7 Å². The highest BCUT2D eigenvalue weighted by atomic mass is 35.5. The van der Waals surface area contributed by atoms with E-state index >= 15 is 0 Å². The maximum Gasteiger partial charge on any atom is 0.574 e. The van der Waals surface area contributed by atoms with Crippen molar-refractivity contribution in [3.8, 4) is 5.88 Å². The van der Waals surface area contributed by atoms with Gasteiger partial charge in [0.1, 0.15) is 5.02 Å². The third-order valence-corrected chi connectivity index (χ3v) is 9.12. The summed E-state index contributed by atoms with van der Waals surface area (Å²) in [6.45, 7) is 4.20. The third kappa shape index (κ3) is 6.95. The summed E-state index contributed by atoms with van der Waals surface area (Å²) < 4.78 is 60.4. The van der Waals surface area contributed by atoms with E-state index in [0.29, 0.717) is 74.9 Å². The molecule has 2 aliphatic heterocycles. The van der Waals surface area contributed by atoms with Gasteiger partial charge in [-0.3, -0.25) is 4.79 Å². The van der Waals surface area contributed by atoms with E-state index in [1.807, 2.05) is 0 Å². The highest BCUT2D eigenvalue weighted by molar-refractivity contribution is 6.32. The zero-order chi connectivity index (χ0) is 29.3. The van der Waals surface area contributed by atoms with Crippen LogP contribution in [0.5, 0.6) is 5.88 Å². The van der Waals surface area contributed by atoms with E-state index in [-0.39, 0.29) is 28.8 Å². The largest absolute Gasteiger partial charge is 0.574 e. The summed E-state index contributed by atoms with van der Waals surface area (Å²) in [7, 11) is 0. The number of anilines is 2. The maximum absolute atomic E-state index is 13.2. The van der Waals surface area contributed by atoms with E-state index in [1.165, 1.54) is 23.4 Å². The van der Waals surface area contributed by atoms with Gasteiger partial charge in [0, 0.05) is 37.7 Å². The number of alkyl halides is 3. The first-order chi connectivity index (χ1) is 20.2. The summed E-state index contributed by atoms with van der Waals surface area (Å²) in [4.78, 5) is 19.2. The molecule has 4 aliphatic rings. The summed E-state index contributed by atoms with van der Waals surface area (Å²) in [6.07, 6.45) is 2.06. The number of fused-ring (bicyclic) bond motifs is 1. The zero-order valence-electron chi connectivity index (χ0n) is 23.1. The predicted molar refractivity (Wildman–Crippen MR) is 148 cm³/mol. The maximum atomic E-state index is 13.2. The van der Waals surface area contributed by atoms with Crippen LogP contribution < -0.4 is 20.5 Å². The van der Waals surface area contributed by atoms with Gasteiger partial charge in [-0.25, -0.2) is 9.67 Å². The Labute approximate surface area is 246 Å². The fourth-order valence-electron chi connectivity index (χ4n) is 6.48. The van der Waals surface area contributed by atoms with E-state index in [2.05, 4.69) is 25.0 Å². The summed E-state index contributed by atoms with van der Waals surface area (Å²) in [5.74, 6) is 1.25. The van der Waals surface area contributed by atoms with Crippen LogP contribution in [0.3, 0.4) is 0 Å². The Bertz CT molecular complexity index is 1270. The second kappa shape index (κ2) is 12.6. The molecular weight excluding hydrogens is 579 g/mol. The van der Waals surface area contributed by atoms with Gasteiger partial charge in [0.05, 0.1) is 62.3 Å². The quantitative estimate of drug-likeness (QED) is 0.444. The lowest BCUT2D eigenvalue weighted by Gasteiger charge is -2.40. The Morgan fingerprint density at radius 1 is 1.10 bits per heavy atom. The molecule has 4 heterocycles. The van der Waals surface area contributed by atoms with Crippen LogP contribution in [0.4, 0.5) is 24.5 Å². The van der Waals surface area contributed by atoms with Crippen molar-refractivity contribution < 1.29 is 32.1 Å². The van der Waals surface area contributed by atoms with Crippen molar-refractivity contribution in [1.82, 2.24) is 14.8 Å². The molecule has 0 radical (unpaired) electrons. The average Bonchev–Trinajstić information content (AvgIpc) is 3.78. The number of aromatic nitrogens is 3.